The standard InChI is InChI=1S/C43H52ClN9O4S/c1-27-28(2)58-43-39(27)40(31-12-14-32(44)15-13-31)47-35(41-50-49-29(3)53(41)43)26-37(55)45-18-7-5-4-6-8-19-51-20-22-52(23-21-51)33-11-9-10-30(24-33)25-38(56)46-34-16-17-36(54)48-42(34)57/h9-15,24,34-35H,4-8,16-23,25-26H2,1-3H3,(H,45,55)(H,46,56)(H,48,54,57)/t34?,35-/m0/s1. The first-order chi connectivity index (χ1) is 28.0. The third-order valence-corrected chi connectivity index (χ3v) is 12.7. The molecule has 3 aliphatic heterocycles. The third kappa shape index (κ3) is 9.84. The number of aryl methyl sites for hydroxylation is 2. The summed E-state index contributed by atoms with van der Waals surface area (Å²) >= 11 is 7.94. The van der Waals surface area contributed by atoms with Crippen molar-refractivity contribution in [3.05, 3.63) is 92.3 Å². The average molecular weight is 826 g/mol. The Morgan fingerprint density at radius 1 is 0.931 bits per heavy atom. The van der Waals surface area contributed by atoms with Crippen molar-refractivity contribution in [2.24, 2.45) is 4.99 Å². The smallest absolute Gasteiger partial charge is 0.249 e. The number of nitrogens with one attached hydrogen (secondary N) is 3. The number of anilines is 1. The van der Waals surface area contributed by atoms with Crippen molar-refractivity contribution in [2.45, 2.75) is 90.6 Å². The zero-order chi connectivity index (χ0) is 40.8. The molecule has 0 saturated carbocycles. The summed E-state index contributed by atoms with van der Waals surface area (Å²) in [5.74, 6) is 0.446. The highest BCUT2D eigenvalue weighted by atomic mass is 35.5. The lowest BCUT2D eigenvalue weighted by atomic mass is 9.99. The minimum atomic E-state index is -0.663. The minimum Gasteiger partial charge on any atom is -0.369 e. The van der Waals surface area contributed by atoms with Crippen molar-refractivity contribution in [1.29, 1.82) is 0 Å². The number of aliphatic imine (C=N–C) groups is 1. The number of benzene rings is 2. The molecule has 0 radical (unpaired) electrons. The lowest BCUT2D eigenvalue weighted by molar-refractivity contribution is -0.137. The number of fused-ring (bicyclic) bond motifs is 3. The van der Waals surface area contributed by atoms with E-state index in [-0.39, 0.29) is 37.0 Å². The molecule has 0 spiro atoms. The van der Waals surface area contributed by atoms with Crippen LogP contribution >= 0.6 is 22.9 Å². The van der Waals surface area contributed by atoms with Gasteiger partial charge in [0, 0.05) is 65.9 Å². The lowest BCUT2D eigenvalue weighted by Gasteiger charge is -2.36. The zero-order valence-corrected chi connectivity index (χ0v) is 35.1. The first-order valence-corrected chi connectivity index (χ1v) is 21.6. The number of unbranched alkanes of at least 4 members (excludes halogenated alkanes) is 4. The normalized spacial score (nSPS) is 18.2. The number of thiophene rings is 1. The zero-order valence-electron chi connectivity index (χ0n) is 33.5. The molecule has 15 heteroatoms. The van der Waals surface area contributed by atoms with E-state index < -0.39 is 18.0 Å². The van der Waals surface area contributed by atoms with Crippen molar-refractivity contribution < 1.29 is 19.2 Å². The molecule has 2 atom stereocenters. The third-order valence-electron chi connectivity index (χ3n) is 11.3. The molecule has 1 unspecified atom stereocenters. The Labute approximate surface area is 348 Å². The van der Waals surface area contributed by atoms with Crippen LogP contribution in [0.3, 0.4) is 0 Å². The highest BCUT2D eigenvalue weighted by Crippen LogP contribution is 2.39. The van der Waals surface area contributed by atoms with E-state index in [0.29, 0.717) is 23.8 Å². The summed E-state index contributed by atoms with van der Waals surface area (Å²) in [6, 6.07) is 14.6. The van der Waals surface area contributed by atoms with Gasteiger partial charge in [0.2, 0.25) is 23.6 Å². The molecule has 4 amide bonds. The van der Waals surface area contributed by atoms with Crippen LogP contribution in [0, 0.1) is 20.8 Å². The van der Waals surface area contributed by atoms with Gasteiger partial charge in [0.15, 0.2) is 5.82 Å². The fourth-order valence-corrected chi connectivity index (χ4v) is 9.29. The lowest BCUT2D eigenvalue weighted by Crippen LogP contribution is -2.52. The summed E-state index contributed by atoms with van der Waals surface area (Å²) in [6.07, 6.45) is 6.34. The van der Waals surface area contributed by atoms with E-state index in [1.165, 1.54) is 4.88 Å². The van der Waals surface area contributed by atoms with Crippen LogP contribution in [-0.2, 0) is 25.6 Å². The number of piperidine rings is 1. The molecule has 2 fully saturated rings. The molecule has 3 N–H and O–H groups in total. The second-order valence-corrected chi connectivity index (χ2v) is 17.1. The number of hydrogen-bond acceptors (Lipinski definition) is 10. The number of rotatable bonds is 15. The molecule has 5 heterocycles. The maximum absolute atomic E-state index is 13.3. The highest BCUT2D eigenvalue weighted by Gasteiger charge is 2.33. The van der Waals surface area contributed by atoms with Gasteiger partial charge in [0.25, 0.3) is 0 Å². The summed E-state index contributed by atoms with van der Waals surface area (Å²) in [7, 11) is 0. The first-order valence-electron chi connectivity index (χ1n) is 20.4. The molecule has 0 aliphatic carbocycles. The van der Waals surface area contributed by atoms with E-state index in [9.17, 15) is 19.2 Å². The monoisotopic (exact) mass is 825 g/mol. The van der Waals surface area contributed by atoms with Gasteiger partial charge in [-0.2, -0.15) is 0 Å². The number of carbonyl (C=O) groups is 4. The maximum Gasteiger partial charge on any atom is 0.249 e. The van der Waals surface area contributed by atoms with E-state index in [2.05, 4.69) is 66.5 Å². The Hall–Kier alpha value is -4.92. The van der Waals surface area contributed by atoms with Crippen molar-refractivity contribution >= 4 is 58.0 Å². The summed E-state index contributed by atoms with van der Waals surface area (Å²) in [5, 5.41) is 18.8. The van der Waals surface area contributed by atoms with Crippen LogP contribution in [0.5, 0.6) is 0 Å². The molecule has 7 rings (SSSR count). The topological polar surface area (TPSA) is 154 Å². The number of amides is 4. The van der Waals surface area contributed by atoms with Crippen molar-refractivity contribution in [3.63, 3.8) is 0 Å². The van der Waals surface area contributed by atoms with Crippen LogP contribution in [0.15, 0.2) is 53.5 Å². The highest BCUT2D eigenvalue weighted by molar-refractivity contribution is 7.15. The van der Waals surface area contributed by atoms with Crippen LogP contribution < -0.4 is 20.9 Å². The molecule has 0 bridgehead atoms. The molecule has 13 nitrogen and oxygen atoms in total. The Morgan fingerprint density at radius 3 is 2.47 bits per heavy atom. The number of halogens is 1. The molecule has 4 aromatic rings. The van der Waals surface area contributed by atoms with E-state index in [4.69, 9.17) is 16.6 Å². The molecule has 2 saturated heterocycles. The minimum absolute atomic E-state index is 0.0456. The SMILES string of the molecule is Cc1sc2c(c1C)C(c1ccc(Cl)cc1)=N[C@@H](CC(=O)NCCCCCCCN1CCN(c3cccc(CC(=O)NC4CCC(=O)NC4=O)c3)CC1)c1nnc(C)n1-2. The van der Waals surface area contributed by atoms with Crippen molar-refractivity contribution in [3.8, 4) is 5.00 Å². The number of carbonyl (C=O) groups excluding carboxylic acids is 4. The number of imide groups is 1. The van der Waals surface area contributed by atoms with Crippen LogP contribution in [-0.4, -0.2) is 94.3 Å². The molecule has 2 aromatic heterocycles. The van der Waals surface area contributed by atoms with Crippen LogP contribution in [0.25, 0.3) is 5.00 Å². The van der Waals surface area contributed by atoms with Gasteiger partial charge in [-0.1, -0.05) is 55.1 Å². The summed E-state index contributed by atoms with van der Waals surface area (Å²) < 4.78 is 2.07. The van der Waals surface area contributed by atoms with Crippen LogP contribution in [0.4, 0.5) is 5.69 Å². The fraction of sp³-hybridized carbons (Fsp3) is 0.465. The number of aromatic nitrogens is 3. The van der Waals surface area contributed by atoms with Gasteiger partial charge < -0.3 is 15.5 Å². The van der Waals surface area contributed by atoms with Crippen molar-refractivity contribution in [1.82, 2.24) is 35.6 Å². The predicted octanol–water partition coefficient (Wildman–Crippen LogP) is 5.54. The van der Waals surface area contributed by atoms with E-state index >= 15 is 0 Å². The van der Waals surface area contributed by atoms with E-state index in [1.54, 1.807) is 11.3 Å². The number of piperazine rings is 1. The molecular formula is C43H52ClN9O4S. The van der Waals surface area contributed by atoms with Gasteiger partial charge in [-0.3, -0.25) is 39.0 Å². The Kier molecular flexibility index (Phi) is 13.4. The Balaban J connectivity index is 0.810. The first kappa shape index (κ1) is 41.2. The Morgan fingerprint density at radius 2 is 1.69 bits per heavy atom. The quantitative estimate of drug-likeness (QED) is 0.104. The summed E-state index contributed by atoms with van der Waals surface area (Å²) in [5.41, 5.74) is 6.00. The molecule has 2 aromatic carbocycles. The van der Waals surface area contributed by atoms with Crippen LogP contribution in [0.2, 0.25) is 5.02 Å². The van der Waals surface area contributed by atoms with Gasteiger partial charge >= 0.3 is 0 Å². The average Bonchev–Trinajstić information content (AvgIpc) is 3.69. The fourth-order valence-electron chi connectivity index (χ4n) is 7.95. The van der Waals surface area contributed by atoms with Gasteiger partial charge in [-0.25, -0.2) is 0 Å². The molecule has 306 valence electrons. The number of hydrogen-bond donors (Lipinski definition) is 3. The van der Waals surface area contributed by atoms with Crippen molar-refractivity contribution in [2.75, 3.05) is 44.2 Å². The van der Waals surface area contributed by atoms with Gasteiger partial charge in [-0.15, -0.1) is 21.5 Å². The summed E-state index contributed by atoms with van der Waals surface area (Å²) in [4.78, 5) is 60.7. The molecule has 3 aliphatic rings. The predicted molar refractivity (Wildman–Crippen MR) is 227 cm³/mol. The van der Waals surface area contributed by atoms with Gasteiger partial charge in [-0.05, 0) is 82.0 Å². The molecular weight excluding hydrogens is 774 g/mol. The van der Waals surface area contributed by atoms with Gasteiger partial charge in [0.1, 0.15) is 22.9 Å². The second-order valence-electron chi connectivity index (χ2n) is 15.5. The van der Waals surface area contributed by atoms with Gasteiger partial charge in [0.05, 0.1) is 18.6 Å². The largest absolute Gasteiger partial charge is 0.369 e. The Bertz CT molecular complexity index is 2170. The van der Waals surface area contributed by atoms with E-state index in [1.807, 2.05) is 43.3 Å². The maximum atomic E-state index is 13.3. The number of nitrogens with zero attached hydrogens (tertiary/aromatic N) is 6. The van der Waals surface area contributed by atoms with E-state index in [0.717, 1.165) is 109 Å². The van der Waals surface area contributed by atoms with Crippen LogP contribution in [0.1, 0.15) is 96.2 Å². The second kappa shape index (κ2) is 18.8. The molecule has 58 heavy (non-hydrogen) atoms. The summed E-state index contributed by atoms with van der Waals surface area (Å²) in [6.45, 7) is 11.7.